The van der Waals surface area contributed by atoms with Gasteiger partial charge in [0.1, 0.15) is 5.69 Å². The van der Waals surface area contributed by atoms with Crippen molar-refractivity contribution in [2.75, 3.05) is 19.6 Å². The number of piperazine rings is 1. The Bertz CT molecular complexity index is 606. The van der Waals surface area contributed by atoms with Crippen LogP contribution in [0.25, 0.3) is 10.8 Å². The third-order valence-corrected chi connectivity index (χ3v) is 3.64. The first-order chi connectivity index (χ1) is 9.24. The average molecular weight is 277 g/mol. The van der Waals surface area contributed by atoms with Gasteiger partial charge in [-0.2, -0.15) is 0 Å². The van der Waals surface area contributed by atoms with E-state index < -0.39 is 0 Å². The first-order valence-electron chi connectivity index (χ1n) is 5.79. The van der Waals surface area contributed by atoms with Crippen LogP contribution in [0.15, 0.2) is 28.2 Å². The Labute approximate surface area is 113 Å². The molecule has 0 aromatic carbocycles. The number of rotatable bonds is 2. The van der Waals surface area contributed by atoms with Gasteiger partial charge in [0.15, 0.2) is 10.8 Å². The summed E-state index contributed by atoms with van der Waals surface area (Å²) in [5.74, 6) is 0.283. The molecular weight excluding hydrogens is 266 g/mol. The van der Waals surface area contributed by atoms with Crippen molar-refractivity contribution in [2.24, 2.45) is 0 Å². The zero-order chi connectivity index (χ0) is 13.2. The zero-order valence-corrected chi connectivity index (χ0v) is 10.8. The average Bonchev–Trinajstić information content (AvgIpc) is 3.08. The van der Waals surface area contributed by atoms with Crippen LogP contribution in [0.5, 0.6) is 0 Å². The molecule has 1 N–H and O–H groups in total. The highest BCUT2D eigenvalue weighted by molar-refractivity contribution is 7.13. The number of amides is 2. The highest BCUT2D eigenvalue weighted by atomic mass is 32.1. The minimum atomic E-state index is -0.219. The van der Waals surface area contributed by atoms with Gasteiger partial charge in [-0.1, -0.05) is 0 Å². The van der Waals surface area contributed by atoms with Gasteiger partial charge < -0.3 is 14.6 Å². The summed E-state index contributed by atoms with van der Waals surface area (Å²) in [6.07, 6.45) is 1.56. The molecule has 1 aliphatic rings. The largest absolute Gasteiger partial charge is 0.462 e. The number of hydrogen-bond acceptors (Lipinski definition) is 5. The van der Waals surface area contributed by atoms with E-state index in [4.69, 9.17) is 4.42 Å². The van der Waals surface area contributed by atoms with Gasteiger partial charge in [0, 0.05) is 18.5 Å². The Morgan fingerprint density at radius 3 is 3.16 bits per heavy atom. The summed E-state index contributed by atoms with van der Waals surface area (Å²) >= 11 is 1.35. The monoisotopic (exact) mass is 277 g/mol. The van der Waals surface area contributed by atoms with Crippen molar-refractivity contribution in [3.63, 3.8) is 0 Å². The molecule has 1 saturated heterocycles. The number of hydrogen-bond donors (Lipinski definition) is 1. The smallest absolute Gasteiger partial charge is 0.273 e. The summed E-state index contributed by atoms with van der Waals surface area (Å²) in [7, 11) is 0. The van der Waals surface area contributed by atoms with Crippen molar-refractivity contribution in [3.05, 3.63) is 29.5 Å². The van der Waals surface area contributed by atoms with Crippen LogP contribution < -0.4 is 5.32 Å². The minimum Gasteiger partial charge on any atom is -0.462 e. The van der Waals surface area contributed by atoms with E-state index in [2.05, 4.69) is 10.3 Å². The Morgan fingerprint density at radius 2 is 2.42 bits per heavy atom. The number of nitrogens with zero attached hydrogens (tertiary/aromatic N) is 2. The highest BCUT2D eigenvalue weighted by Crippen LogP contribution is 2.24. The highest BCUT2D eigenvalue weighted by Gasteiger charge is 2.24. The van der Waals surface area contributed by atoms with E-state index in [0.29, 0.717) is 29.6 Å². The fourth-order valence-electron chi connectivity index (χ4n) is 1.86. The second-order valence-electron chi connectivity index (χ2n) is 4.09. The van der Waals surface area contributed by atoms with Gasteiger partial charge in [0.25, 0.3) is 5.91 Å². The van der Waals surface area contributed by atoms with Crippen LogP contribution in [-0.2, 0) is 4.79 Å². The molecule has 19 heavy (non-hydrogen) atoms. The van der Waals surface area contributed by atoms with Crippen molar-refractivity contribution in [1.82, 2.24) is 15.2 Å². The molecule has 1 fully saturated rings. The van der Waals surface area contributed by atoms with Gasteiger partial charge >= 0.3 is 0 Å². The SMILES string of the molecule is O=C1CN(C(=O)c2csc(-c3ccco3)n2)CCN1. The van der Waals surface area contributed by atoms with Crippen LogP contribution in [0.3, 0.4) is 0 Å². The molecule has 0 atom stereocenters. The zero-order valence-electron chi connectivity index (χ0n) is 9.96. The number of carbonyl (C=O) groups is 2. The fourth-order valence-corrected chi connectivity index (χ4v) is 2.62. The van der Waals surface area contributed by atoms with Crippen LogP contribution in [0.1, 0.15) is 10.5 Å². The summed E-state index contributed by atoms with van der Waals surface area (Å²) in [5, 5.41) is 5.03. The van der Waals surface area contributed by atoms with Crippen molar-refractivity contribution in [2.45, 2.75) is 0 Å². The maximum absolute atomic E-state index is 12.2. The van der Waals surface area contributed by atoms with Crippen LogP contribution in [0, 0.1) is 0 Å². The Balaban J connectivity index is 1.79. The quantitative estimate of drug-likeness (QED) is 0.887. The summed E-state index contributed by atoms with van der Waals surface area (Å²) in [5.41, 5.74) is 0.353. The lowest BCUT2D eigenvalue weighted by molar-refractivity contribution is -0.123. The lowest BCUT2D eigenvalue weighted by Gasteiger charge is -2.25. The third kappa shape index (κ3) is 2.37. The Kier molecular flexibility index (Phi) is 3.04. The molecule has 0 radical (unpaired) electrons. The first-order valence-corrected chi connectivity index (χ1v) is 6.67. The molecule has 98 valence electrons. The molecule has 2 aromatic heterocycles. The van der Waals surface area contributed by atoms with E-state index in [1.54, 1.807) is 23.8 Å². The molecule has 0 aliphatic carbocycles. The van der Waals surface area contributed by atoms with Crippen molar-refractivity contribution in [1.29, 1.82) is 0 Å². The molecule has 0 bridgehead atoms. The van der Waals surface area contributed by atoms with E-state index in [9.17, 15) is 9.59 Å². The summed E-state index contributed by atoms with van der Waals surface area (Å²) in [6, 6.07) is 3.56. The predicted octanol–water partition coefficient (Wildman–Crippen LogP) is 0.975. The molecule has 0 unspecified atom stereocenters. The maximum atomic E-state index is 12.2. The van der Waals surface area contributed by atoms with Gasteiger partial charge in [0.2, 0.25) is 5.91 Å². The molecule has 2 amide bonds. The normalized spacial score (nSPS) is 15.4. The third-order valence-electron chi connectivity index (χ3n) is 2.78. The first kappa shape index (κ1) is 11.9. The minimum absolute atomic E-state index is 0.0897. The van der Waals surface area contributed by atoms with Gasteiger partial charge in [-0.05, 0) is 12.1 Å². The molecule has 3 rings (SSSR count). The maximum Gasteiger partial charge on any atom is 0.273 e. The lowest BCUT2D eigenvalue weighted by Crippen LogP contribution is -2.50. The molecule has 0 spiro atoms. The molecule has 1 aliphatic heterocycles. The van der Waals surface area contributed by atoms with Crippen LogP contribution in [-0.4, -0.2) is 41.3 Å². The van der Waals surface area contributed by atoms with E-state index in [0.717, 1.165) is 0 Å². The second-order valence-corrected chi connectivity index (χ2v) is 4.95. The molecule has 2 aromatic rings. The van der Waals surface area contributed by atoms with Crippen molar-refractivity contribution in [3.8, 4) is 10.8 Å². The lowest BCUT2D eigenvalue weighted by atomic mass is 10.3. The number of thiazole rings is 1. The number of furan rings is 1. The Hall–Kier alpha value is -2.15. The van der Waals surface area contributed by atoms with Crippen molar-refractivity contribution >= 4 is 23.2 Å². The van der Waals surface area contributed by atoms with Crippen LogP contribution >= 0.6 is 11.3 Å². The number of aromatic nitrogens is 1. The predicted molar refractivity (Wildman–Crippen MR) is 68.7 cm³/mol. The van der Waals surface area contributed by atoms with Gasteiger partial charge in [0.05, 0.1) is 12.8 Å². The fraction of sp³-hybridized carbons (Fsp3) is 0.250. The molecule has 0 saturated carbocycles. The van der Waals surface area contributed by atoms with Gasteiger partial charge in [-0.25, -0.2) is 4.98 Å². The van der Waals surface area contributed by atoms with E-state index in [1.807, 2.05) is 0 Å². The second kappa shape index (κ2) is 4.85. The van der Waals surface area contributed by atoms with E-state index in [-0.39, 0.29) is 18.4 Å². The summed E-state index contributed by atoms with van der Waals surface area (Å²) < 4.78 is 5.23. The number of nitrogens with one attached hydrogen (secondary N) is 1. The van der Waals surface area contributed by atoms with E-state index >= 15 is 0 Å². The topological polar surface area (TPSA) is 75.4 Å². The standard InChI is InChI=1S/C12H11N3O3S/c16-10-6-15(4-3-13-10)12(17)8-7-19-11(14-8)9-2-1-5-18-9/h1-2,5,7H,3-4,6H2,(H,13,16). The van der Waals surface area contributed by atoms with Gasteiger partial charge in [-0.3, -0.25) is 9.59 Å². The molecular formula is C12H11N3O3S. The van der Waals surface area contributed by atoms with Crippen LogP contribution in [0.2, 0.25) is 0 Å². The van der Waals surface area contributed by atoms with E-state index in [1.165, 1.54) is 16.2 Å². The molecule has 6 nitrogen and oxygen atoms in total. The van der Waals surface area contributed by atoms with Crippen LogP contribution in [0.4, 0.5) is 0 Å². The number of carbonyl (C=O) groups excluding carboxylic acids is 2. The summed E-state index contributed by atoms with van der Waals surface area (Å²) in [6.45, 7) is 1.09. The summed E-state index contributed by atoms with van der Waals surface area (Å²) in [4.78, 5) is 29.2. The molecule has 3 heterocycles. The Morgan fingerprint density at radius 1 is 1.53 bits per heavy atom. The van der Waals surface area contributed by atoms with Gasteiger partial charge in [-0.15, -0.1) is 11.3 Å². The van der Waals surface area contributed by atoms with Crippen molar-refractivity contribution < 1.29 is 14.0 Å². The molecule has 7 heteroatoms.